The maximum Gasteiger partial charge on any atom is 0.122 e. The molecule has 21 heavy (non-hydrogen) atoms. The van der Waals surface area contributed by atoms with E-state index in [1.165, 1.54) is 0 Å². The van der Waals surface area contributed by atoms with Gasteiger partial charge in [-0.2, -0.15) is 0 Å². The molecule has 1 heterocycles. The van der Waals surface area contributed by atoms with E-state index in [-0.39, 0.29) is 6.04 Å². The van der Waals surface area contributed by atoms with E-state index in [0.29, 0.717) is 12.3 Å². The number of rotatable bonds is 5. The number of hydrogen-bond acceptors (Lipinski definition) is 4. The summed E-state index contributed by atoms with van der Waals surface area (Å²) in [6.45, 7) is 8.57. The van der Waals surface area contributed by atoms with Gasteiger partial charge in [0.2, 0.25) is 0 Å². The van der Waals surface area contributed by atoms with Gasteiger partial charge in [0.15, 0.2) is 0 Å². The van der Waals surface area contributed by atoms with Crippen LogP contribution in [0.5, 0.6) is 5.75 Å². The van der Waals surface area contributed by atoms with Crippen LogP contribution in [0, 0.1) is 0 Å². The van der Waals surface area contributed by atoms with Crippen molar-refractivity contribution in [1.29, 1.82) is 0 Å². The van der Waals surface area contributed by atoms with Crippen molar-refractivity contribution >= 4 is 5.69 Å². The Morgan fingerprint density at radius 2 is 2.19 bits per heavy atom. The molecule has 3 N–H and O–H groups in total. The van der Waals surface area contributed by atoms with Gasteiger partial charge < -0.3 is 20.4 Å². The van der Waals surface area contributed by atoms with Crippen LogP contribution in [0.15, 0.2) is 18.2 Å². The van der Waals surface area contributed by atoms with Crippen LogP contribution in [0.2, 0.25) is 0 Å². The Hall–Kier alpha value is -1.26. The third-order valence-corrected chi connectivity index (χ3v) is 4.22. The van der Waals surface area contributed by atoms with Crippen LogP contribution < -0.4 is 10.2 Å². The molecule has 0 amide bonds. The van der Waals surface area contributed by atoms with E-state index < -0.39 is 5.60 Å². The first-order valence-corrected chi connectivity index (χ1v) is 7.96. The monoisotopic (exact) mass is 292 g/mol. The number of hydrogen-bond donors (Lipinski definition) is 3. The Morgan fingerprint density at radius 1 is 1.43 bits per heavy atom. The van der Waals surface area contributed by atoms with Gasteiger partial charge >= 0.3 is 0 Å². The molecule has 2 unspecified atom stereocenters. The molecule has 0 radical (unpaired) electrons. The van der Waals surface area contributed by atoms with Crippen molar-refractivity contribution in [2.75, 3.05) is 24.5 Å². The van der Waals surface area contributed by atoms with Gasteiger partial charge in [-0.3, -0.25) is 0 Å². The van der Waals surface area contributed by atoms with Crippen molar-refractivity contribution < 1.29 is 10.2 Å². The smallest absolute Gasteiger partial charge is 0.122 e. The van der Waals surface area contributed by atoms with Crippen LogP contribution in [0.25, 0.3) is 0 Å². The summed E-state index contributed by atoms with van der Waals surface area (Å²) < 4.78 is 0. The molecule has 1 fully saturated rings. The van der Waals surface area contributed by atoms with E-state index in [2.05, 4.69) is 24.1 Å². The predicted octanol–water partition coefficient (Wildman–Crippen LogP) is 2.80. The number of nitrogens with one attached hydrogen (secondary N) is 1. The molecular weight excluding hydrogens is 264 g/mol. The lowest BCUT2D eigenvalue weighted by Crippen LogP contribution is -2.46. The summed E-state index contributed by atoms with van der Waals surface area (Å²) in [7, 11) is 0. The molecule has 2 rings (SSSR count). The molecule has 1 aromatic rings. The van der Waals surface area contributed by atoms with E-state index >= 15 is 0 Å². The SMILES string of the molecule is CCCNC(C)c1ccc(N2CCCC(C)(O)C2)cc1O. The van der Waals surface area contributed by atoms with Gasteiger partial charge in [0, 0.05) is 36.4 Å². The van der Waals surface area contributed by atoms with Crippen LogP contribution in [-0.4, -0.2) is 35.4 Å². The molecule has 0 aliphatic carbocycles. The first kappa shape index (κ1) is 16.1. The summed E-state index contributed by atoms with van der Waals surface area (Å²) in [5, 5.41) is 23.9. The van der Waals surface area contributed by atoms with Gasteiger partial charge in [-0.05, 0) is 45.7 Å². The van der Waals surface area contributed by atoms with Gasteiger partial charge in [0.1, 0.15) is 5.75 Å². The van der Waals surface area contributed by atoms with Crippen molar-refractivity contribution in [1.82, 2.24) is 5.32 Å². The van der Waals surface area contributed by atoms with Crippen molar-refractivity contribution in [2.45, 2.75) is 51.7 Å². The van der Waals surface area contributed by atoms with Crippen LogP contribution in [0.3, 0.4) is 0 Å². The number of β-amino-alcohol motifs (C(OH)–C–C–N with tert-alkyl or cyclic N) is 1. The van der Waals surface area contributed by atoms with Crippen LogP contribution in [-0.2, 0) is 0 Å². The summed E-state index contributed by atoms with van der Waals surface area (Å²) in [5.74, 6) is 0.328. The molecule has 1 aliphatic rings. The van der Waals surface area contributed by atoms with Crippen LogP contribution in [0.1, 0.15) is 51.6 Å². The Bertz CT molecular complexity index is 474. The fourth-order valence-corrected chi connectivity index (χ4v) is 3.01. The van der Waals surface area contributed by atoms with E-state index in [1.54, 1.807) is 0 Å². The van der Waals surface area contributed by atoms with Gasteiger partial charge in [-0.25, -0.2) is 0 Å². The summed E-state index contributed by atoms with van der Waals surface area (Å²) >= 11 is 0. The summed E-state index contributed by atoms with van der Waals surface area (Å²) in [6, 6.07) is 5.99. The fraction of sp³-hybridized carbons (Fsp3) is 0.647. The summed E-state index contributed by atoms with van der Waals surface area (Å²) in [4.78, 5) is 2.15. The molecule has 4 heteroatoms. The first-order valence-electron chi connectivity index (χ1n) is 7.96. The van der Waals surface area contributed by atoms with Gasteiger partial charge in [0.25, 0.3) is 0 Å². The molecule has 118 valence electrons. The van der Waals surface area contributed by atoms with Gasteiger partial charge in [-0.1, -0.05) is 13.0 Å². The third kappa shape index (κ3) is 4.11. The average Bonchev–Trinajstić information content (AvgIpc) is 2.43. The number of aliphatic hydroxyl groups is 1. The van der Waals surface area contributed by atoms with Crippen molar-refractivity contribution in [3.63, 3.8) is 0 Å². The molecule has 1 aromatic carbocycles. The lowest BCUT2D eigenvalue weighted by atomic mass is 9.94. The topological polar surface area (TPSA) is 55.7 Å². The van der Waals surface area contributed by atoms with E-state index in [0.717, 1.165) is 43.6 Å². The number of phenolic OH excluding ortho intramolecular Hbond substituents is 1. The average molecular weight is 292 g/mol. The highest BCUT2D eigenvalue weighted by Crippen LogP contribution is 2.32. The van der Waals surface area contributed by atoms with Gasteiger partial charge in [0.05, 0.1) is 5.60 Å². The highest BCUT2D eigenvalue weighted by molar-refractivity contribution is 5.54. The Kier molecular flexibility index (Phi) is 5.12. The van der Waals surface area contributed by atoms with Crippen LogP contribution in [0.4, 0.5) is 5.69 Å². The zero-order valence-corrected chi connectivity index (χ0v) is 13.4. The van der Waals surface area contributed by atoms with Crippen molar-refractivity contribution in [2.24, 2.45) is 0 Å². The van der Waals surface area contributed by atoms with E-state index in [1.807, 2.05) is 25.1 Å². The fourth-order valence-electron chi connectivity index (χ4n) is 3.01. The minimum atomic E-state index is -0.636. The molecule has 1 saturated heterocycles. The lowest BCUT2D eigenvalue weighted by Gasteiger charge is -2.38. The molecule has 0 spiro atoms. The second kappa shape index (κ2) is 6.67. The van der Waals surface area contributed by atoms with Crippen molar-refractivity contribution in [3.05, 3.63) is 23.8 Å². The second-order valence-corrected chi connectivity index (χ2v) is 6.44. The standard InChI is InChI=1S/C17H28N2O2/c1-4-9-18-13(2)15-7-6-14(11-16(15)20)19-10-5-8-17(3,21)12-19/h6-7,11,13,18,20-21H,4-5,8-10,12H2,1-3H3. The molecule has 0 aromatic heterocycles. The highest BCUT2D eigenvalue weighted by atomic mass is 16.3. The number of piperidine rings is 1. The maximum absolute atomic E-state index is 10.3. The number of aromatic hydroxyl groups is 1. The van der Waals surface area contributed by atoms with E-state index in [4.69, 9.17) is 0 Å². The quantitative estimate of drug-likeness (QED) is 0.781. The highest BCUT2D eigenvalue weighted by Gasteiger charge is 2.28. The largest absolute Gasteiger partial charge is 0.508 e. The molecular formula is C17H28N2O2. The third-order valence-electron chi connectivity index (χ3n) is 4.22. The van der Waals surface area contributed by atoms with Crippen molar-refractivity contribution in [3.8, 4) is 5.75 Å². The Morgan fingerprint density at radius 3 is 2.81 bits per heavy atom. The Balaban J connectivity index is 2.11. The summed E-state index contributed by atoms with van der Waals surface area (Å²) in [6.07, 6.45) is 2.89. The second-order valence-electron chi connectivity index (χ2n) is 6.44. The lowest BCUT2D eigenvalue weighted by molar-refractivity contribution is 0.0449. The maximum atomic E-state index is 10.3. The zero-order chi connectivity index (χ0) is 15.5. The predicted molar refractivity (Wildman–Crippen MR) is 86.9 cm³/mol. The molecule has 2 atom stereocenters. The minimum absolute atomic E-state index is 0.142. The van der Waals surface area contributed by atoms with Crippen LogP contribution >= 0.6 is 0 Å². The summed E-state index contributed by atoms with van der Waals surface area (Å²) in [5.41, 5.74) is 1.28. The number of nitrogens with zero attached hydrogens (tertiary/aromatic N) is 1. The number of anilines is 1. The minimum Gasteiger partial charge on any atom is -0.508 e. The number of phenols is 1. The molecule has 4 nitrogen and oxygen atoms in total. The zero-order valence-electron chi connectivity index (χ0n) is 13.4. The molecule has 0 bridgehead atoms. The molecule has 0 saturated carbocycles. The normalized spacial score (nSPS) is 24.1. The molecule has 1 aliphatic heterocycles. The number of benzene rings is 1. The van der Waals surface area contributed by atoms with Gasteiger partial charge in [-0.15, -0.1) is 0 Å². The van der Waals surface area contributed by atoms with E-state index in [9.17, 15) is 10.2 Å². The Labute approximate surface area is 127 Å². The first-order chi connectivity index (χ1) is 9.93.